The zero-order chi connectivity index (χ0) is 30.4. The van der Waals surface area contributed by atoms with Crippen molar-refractivity contribution in [1.29, 1.82) is 0 Å². The molecule has 1 aromatic rings. The molecule has 0 aromatic heterocycles. The van der Waals surface area contributed by atoms with Crippen LogP contribution in [0.2, 0.25) is 0 Å². The zero-order valence-electron chi connectivity index (χ0n) is 26.3. The molecule has 0 saturated carbocycles. The third-order valence-electron chi connectivity index (χ3n) is 5.17. The van der Waals surface area contributed by atoms with Gasteiger partial charge in [-0.3, -0.25) is 9.59 Å². The maximum atomic E-state index is 12.8. The van der Waals surface area contributed by atoms with Gasteiger partial charge in [0.2, 0.25) is 11.8 Å². The van der Waals surface area contributed by atoms with Gasteiger partial charge in [-0.05, 0) is 37.8 Å². The van der Waals surface area contributed by atoms with Crippen molar-refractivity contribution in [3.05, 3.63) is 47.5 Å². The second-order valence-electron chi connectivity index (χ2n) is 10.7. The van der Waals surface area contributed by atoms with Crippen molar-refractivity contribution in [2.75, 3.05) is 47.0 Å². The van der Waals surface area contributed by atoms with E-state index < -0.39 is 17.4 Å². The van der Waals surface area contributed by atoms with Gasteiger partial charge in [0.15, 0.2) is 0 Å². The van der Waals surface area contributed by atoms with E-state index in [1.165, 1.54) is 12.0 Å². The number of benzene rings is 1. The Balaban J connectivity index is 0. The highest BCUT2D eigenvalue weighted by molar-refractivity contribution is 5.89. The first-order valence-electron chi connectivity index (χ1n) is 13.9. The first kappa shape index (κ1) is 38.4. The fraction of sp³-hybridized carbons (Fsp3) is 0.645. The van der Waals surface area contributed by atoms with Crippen molar-refractivity contribution < 1.29 is 23.9 Å². The molecule has 8 nitrogen and oxygen atoms in total. The van der Waals surface area contributed by atoms with Gasteiger partial charge in [-0.15, -0.1) is 0 Å². The van der Waals surface area contributed by atoms with Gasteiger partial charge in [-0.2, -0.15) is 0 Å². The molecule has 0 heterocycles. The van der Waals surface area contributed by atoms with E-state index in [2.05, 4.69) is 62.6 Å². The molecule has 39 heavy (non-hydrogen) atoms. The highest BCUT2D eigenvalue weighted by Gasteiger charge is 2.34. The SMILES string of the molecule is CC(C)c1ccccc1.CCC.CCOC(=O)COC/C(C)=C/CN(C)C(=O)C(NC(=O)CNC)C(C)(C)C. The van der Waals surface area contributed by atoms with Crippen LogP contribution in [0.1, 0.15) is 80.2 Å². The van der Waals surface area contributed by atoms with E-state index in [-0.39, 0.29) is 31.6 Å². The Morgan fingerprint density at radius 2 is 1.59 bits per heavy atom. The minimum Gasteiger partial charge on any atom is -0.464 e. The van der Waals surface area contributed by atoms with Crippen molar-refractivity contribution in [2.45, 2.75) is 80.7 Å². The molecule has 0 fully saturated rings. The molecule has 8 heteroatoms. The molecule has 1 unspecified atom stereocenters. The van der Waals surface area contributed by atoms with E-state index in [9.17, 15) is 14.4 Å². The Morgan fingerprint density at radius 3 is 2.03 bits per heavy atom. The molecule has 2 amide bonds. The minimum absolute atomic E-state index is 0.0998. The summed E-state index contributed by atoms with van der Waals surface area (Å²) in [6, 6.07) is 9.89. The number of rotatable bonds is 12. The summed E-state index contributed by atoms with van der Waals surface area (Å²) < 4.78 is 10.1. The standard InChI is InChI=1S/C19H35N3O5.C9H12.C3H8/c1-8-27-16(24)13-26-12-14(2)9-10-22(7)18(25)17(19(3,4)5)21-15(23)11-20-6;1-8(2)9-6-4-3-5-7-9;1-3-2/h9,17,20H,8,10-13H2,1-7H3,(H,21,23);3-8H,1-2H3;3H2,1-2H3/b14-9+;;. The average Bonchev–Trinajstić information content (AvgIpc) is 2.86. The summed E-state index contributed by atoms with van der Waals surface area (Å²) in [7, 11) is 3.37. The number of likely N-dealkylation sites (N-methyl/N-ethyl adjacent to an activating group) is 2. The normalized spacial score (nSPS) is 11.8. The highest BCUT2D eigenvalue weighted by atomic mass is 16.6. The van der Waals surface area contributed by atoms with E-state index in [1.54, 1.807) is 25.9 Å². The van der Waals surface area contributed by atoms with Gasteiger partial charge < -0.3 is 25.0 Å². The molecule has 224 valence electrons. The second-order valence-corrected chi connectivity index (χ2v) is 10.7. The van der Waals surface area contributed by atoms with Crippen molar-refractivity contribution >= 4 is 17.8 Å². The molecule has 1 rings (SSSR count). The summed E-state index contributed by atoms with van der Waals surface area (Å²) in [4.78, 5) is 37.5. The van der Waals surface area contributed by atoms with Gasteiger partial charge in [-0.1, -0.05) is 96.9 Å². The lowest BCUT2D eigenvalue weighted by Gasteiger charge is -2.33. The summed E-state index contributed by atoms with van der Waals surface area (Å²) in [5.74, 6) is -0.129. The number of nitrogens with zero attached hydrogens (tertiary/aromatic N) is 1. The molecule has 0 spiro atoms. The van der Waals surface area contributed by atoms with Gasteiger partial charge in [0.25, 0.3) is 0 Å². The largest absolute Gasteiger partial charge is 0.464 e. The molecule has 0 aliphatic rings. The second kappa shape index (κ2) is 22.1. The number of amides is 2. The van der Waals surface area contributed by atoms with Crippen LogP contribution in [0.25, 0.3) is 0 Å². The van der Waals surface area contributed by atoms with Crippen molar-refractivity contribution in [2.24, 2.45) is 5.41 Å². The maximum Gasteiger partial charge on any atom is 0.332 e. The van der Waals surface area contributed by atoms with Crippen LogP contribution < -0.4 is 10.6 Å². The Morgan fingerprint density at radius 1 is 1.03 bits per heavy atom. The van der Waals surface area contributed by atoms with Gasteiger partial charge in [0.05, 0.1) is 19.8 Å². The van der Waals surface area contributed by atoms with Crippen LogP contribution in [-0.2, 0) is 23.9 Å². The van der Waals surface area contributed by atoms with E-state index in [0.29, 0.717) is 19.1 Å². The zero-order valence-corrected chi connectivity index (χ0v) is 26.3. The summed E-state index contributed by atoms with van der Waals surface area (Å²) in [5, 5.41) is 5.57. The smallest absolute Gasteiger partial charge is 0.332 e. The highest BCUT2D eigenvalue weighted by Crippen LogP contribution is 2.21. The van der Waals surface area contributed by atoms with Crippen LogP contribution in [0.15, 0.2) is 42.0 Å². The van der Waals surface area contributed by atoms with Crippen molar-refractivity contribution in [1.82, 2.24) is 15.5 Å². The monoisotopic (exact) mass is 549 g/mol. The fourth-order valence-electron chi connectivity index (χ4n) is 3.02. The maximum absolute atomic E-state index is 12.8. The lowest BCUT2D eigenvalue weighted by atomic mass is 9.85. The molecule has 2 N–H and O–H groups in total. The Labute approximate surface area is 237 Å². The molecule has 1 atom stereocenters. The molecule has 0 saturated heterocycles. The third-order valence-corrected chi connectivity index (χ3v) is 5.17. The molecular formula is C31H55N3O5. The van der Waals surface area contributed by atoms with Crippen molar-refractivity contribution in [3.63, 3.8) is 0 Å². The van der Waals surface area contributed by atoms with Gasteiger partial charge in [-0.25, -0.2) is 4.79 Å². The fourth-order valence-corrected chi connectivity index (χ4v) is 3.02. The predicted octanol–water partition coefficient (Wildman–Crippen LogP) is 4.95. The number of carbonyl (C=O) groups excluding carboxylic acids is 3. The Bertz CT molecular complexity index is 832. The minimum atomic E-state index is -0.628. The Hall–Kier alpha value is -2.71. The predicted molar refractivity (Wildman–Crippen MR) is 161 cm³/mol. The van der Waals surface area contributed by atoms with Crippen molar-refractivity contribution in [3.8, 4) is 0 Å². The van der Waals surface area contributed by atoms with Crippen LogP contribution >= 0.6 is 0 Å². The van der Waals surface area contributed by atoms with Gasteiger partial charge in [0.1, 0.15) is 12.6 Å². The number of ether oxygens (including phenoxy) is 2. The van der Waals surface area contributed by atoms with E-state index in [0.717, 1.165) is 5.57 Å². The molecule has 0 bridgehead atoms. The van der Waals surface area contributed by atoms with Gasteiger partial charge >= 0.3 is 5.97 Å². The Kier molecular flexibility index (Phi) is 21.8. The number of esters is 1. The first-order valence-corrected chi connectivity index (χ1v) is 13.9. The topological polar surface area (TPSA) is 97.0 Å². The number of hydrogen-bond donors (Lipinski definition) is 2. The molecule has 0 aliphatic heterocycles. The molecule has 0 aliphatic carbocycles. The third kappa shape index (κ3) is 19.9. The lowest BCUT2D eigenvalue weighted by Crippen LogP contribution is -2.55. The summed E-state index contributed by atoms with van der Waals surface area (Å²) in [5.41, 5.74) is 1.89. The average molecular weight is 550 g/mol. The van der Waals surface area contributed by atoms with Crippen LogP contribution in [0.5, 0.6) is 0 Å². The van der Waals surface area contributed by atoms with Crippen LogP contribution in [0.3, 0.4) is 0 Å². The summed E-state index contributed by atoms with van der Waals surface area (Å²) in [6.07, 6.45) is 3.11. The van der Waals surface area contributed by atoms with Gasteiger partial charge in [0, 0.05) is 13.6 Å². The van der Waals surface area contributed by atoms with E-state index in [1.807, 2.05) is 39.8 Å². The number of nitrogens with one attached hydrogen (secondary N) is 2. The van der Waals surface area contributed by atoms with E-state index in [4.69, 9.17) is 9.47 Å². The number of carbonyl (C=O) groups is 3. The van der Waals surface area contributed by atoms with Crippen LogP contribution in [0.4, 0.5) is 0 Å². The van der Waals surface area contributed by atoms with E-state index >= 15 is 0 Å². The quantitative estimate of drug-likeness (QED) is 0.283. The molecular weight excluding hydrogens is 494 g/mol. The molecule has 0 radical (unpaired) electrons. The lowest BCUT2D eigenvalue weighted by molar-refractivity contribution is -0.148. The van der Waals surface area contributed by atoms with Crippen LogP contribution in [0, 0.1) is 5.41 Å². The summed E-state index contributed by atoms with van der Waals surface area (Å²) >= 11 is 0. The molecule has 1 aromatic carbocycles. The number of hydrogen-bond acceptors (Lipinski definition) is 6. The van der Waals surface area contributed by atoms with Crippen LogP contribution in [-0.4, -0.2) is 75.7 Å². The first-order chi connectivity index (χ1) is 18.2. The summed E-state index contributed by atoms with van der Waals surface area (Å²) in [6.45, 7) is 19.0.